The molecule has 0 fully saturated rings. The summed E-state index contributed by atoms with van der Waals surface area (Å²) in [6.45, 7) is 8.89. The van der Waals surface area contributed by atoms with Crippen molar-refractivity contribution in [2.45, 2.75) is 33.6 Å². The Bertz CT molecular complexity index is 295. The van der Waals surface area contributed by atoms with E-state index in [1.165, 1.54) is 0 Å². The zero-order valence-electron chi connectivity index (χ0n) is 13.1. The lowest BCUT2D eigenvalue weighted by Gasteiger charge is -2.18. The van der Waals surface area contributed by atoms with Gasteiger partial charge < -0.3 is 20.6 Å². The second-order valence-electron chi connectivity index (χ2n) is 5.63. The van der Waals surface area contributed by atoms with Gasteiger partial charge in [-0.2, -0.15) is 0 Å². The van der Waals surface area contributed by atoms with Crippen molar-refractivity contribution in [2.75, 3.05) is 33.2 Å². The monoisotopic (exact) mass is 287 g/mol. The number of urea groups is 1. The van der Waals surface area contributed by atoms with Gasteiger partial charge in [-0.1, -0.05) is 20.8 Å². The van der Waals surface area contributed by atoms with Crippen LogP contribution in [0, 0.1) is 11.8 Å². The molecule has 0 aromatic carbocycles. The highest BCUT2D eigenvalue weighted by Gasteiger charge is 2.15. The van der Waals surface area contributed by atoms with Crippen LogP contribution in [-0.4, -0.2) is 55.2 Å². The molecule has 0 rings (SSSR count). The molecule has 0 spiro atoms. The average Bonchev–Trinajstić information content (AvgIpc) is 2.34. The highest BCUT2D eigenvalue weighted by Crippen LogP contribution is 2.14. The number of amides is 2. The van der Waals surface area contributed by atoms with Crippen molar-refractivity contribution in [3.63, 3.8) is 0 Å². The summed E-state index contributed by atoms with van der Waals surface area (Å²) in [5.41, 5.74) is 0. The Morgan fingerprint density at radius 3 is 2.40 bits per heavy atom. The molecular formula is C14H29N3O3. The number of nitrogens with zero attached hydrogens (tertiary/aromatic N) is 1. The molecule has 0 saturated carbocycles. The van der Waals surface area contributed by atoms with Crippen LogP contribution in [0.15, 0.2) is 0 Å². The maximum absolute atomic E-state index is 11.6. The predicted octanol–water partition coefficient (Wildman–Crippen LogP) is 1.37. The molecule has 6 heteroatoms. The average molecular weight is 287 g/mol. The first-order valence-corrected chi connectivity index (χ1v) is 7.27. The first-order valence-electron chi connectivity index (χ1n) is 7.27. The number of carboxylic acids is 1. The summed E-state index contributed by atoms with van der Waals surface area (Å²) < 4.78 is 0. The summed E-state index contributed by atoms with van der Waals surface area (Å²) in [6, 6.07) is -0.228. The summed E-state index contributed by atoms with van der Waals surface area (Å²) in [5, 5.41) is 14.4. The summed E-state index contributed by atoms with van der Waals surface area (Å²) in [7, 11) is 1.99. The van der Waals surface area contributed by atoms with Gasteiger partial charge in [0.05, 0.1) is 0 Å². The molecule has 0 unspecified atom stereocenters. The number of carboxylic acid groups (broad SMARTS) is 1. The van der Waals surface area contributed by atoms with Crippen LogP contribution in [0.5, 0.6) is 0 Å². The van der Waals surface area contributed by atoms with Gasteiger partial charge in [-0.05, 0) is 31.8 Å². The summed E-state index contributed by atoms with van der Waals surface area (Å²) in [6.07, 6.45) is 0.891. The zero-order chi connectivity index (χ0) is 15.5. The lowest BCUT2D eigenvalue weighted by Crippen LogP contribution is -2.41. The minimum Gasteiger partial charge on any atom is -0.481 e. The smallest absolute Gasteiger partial charge is 0.314 e. The third kappa shape index (κ3) is 10.6. The Morgan fingerprint density at radius 1 is 1.25 bits per heavy atom. The normalized spacial score (nSPS) is 12.5. The summed E-state index contributed by atoms with van der Waals surface area (Å²) in [4.78, 5) is 24.5. The van der Waals surface area contributed by atoms with Gasteiger partial charge in [0.25, 0.3) is 0 Å². The molecule has 0 aliphatic carbocycles. The van der Waals surface area contributed by atoms with Gasteiger partial charge >= 0.3 is 12.0 Å². The molecule has 0 heterocycles. The highest BCUT2D eigenvalue weighted by molar-refractivity contribution is 5.74. The van der Waals surface area contributed by atoms with Crippen LogP contribution in [0.1, 0.15) is 33.6 Å². The van der Waals surface area contributed by atoms with Crippen molar-refractivity contribution in [1.82, 2.24) is 15.5 Å². The van der Waals surface area contributed by atoms with Crippen LogP contribution in [0.2, 0.25) is 0 Å². The van der Waals surface area contributed by atoms with Gasteiger partial charge in [-0.25, -0.2) is 4.79 Å². The largest absolute Gasteiger partial charge is 0.481 e. The van der Waals surface area contributed by atoms with Crippen molar-refractivity contribution in [2.24, 2.45) is 11.8 Å². The number of carbonyl (C=O) groups excluding carboxylic acids is 1. The van der Waals surface area contributed by atoms with Gasteiger partial charge in [-0.3, -0.25) is 4.79 Å². The first-order chi connectivity index (χ1) is 9.35. The maximum atomic E-state index is 11.6. The van der Waals surface area contributed by atoms with E-state index in [0.29, 0.717) is 19.0 Å². The number of nitrogens with one attached hydrogen (secondary N) is 2. The lowest BCUT2D eigenvalue weighted by atomic mass is 9.94. The molecule has 2 amide bonds. The van der Waals surface area contributed by atoms with Crippen LogP contribution in [-0.2, 0) is 4.79 Å². The van der Waals surface area contributed by atoms with E-state index in [9.17, 15) is 9.59 Å². The van der Waals surface area contributed by atoms with Gasteiger partial charge in [0.1, 0.15) is 0 Å². The molecule has 0 bridgehead atoms. The van der Waals surface area contributed by atoms with E-state index in [1.54, 1.807) is 0 Å². The third-order valence-corrected chi connectivity index (χ3v) is 3.14. The quantitative estimate of drug-likeness (QED) is 0.567. The minimum absolute atomic E-state index is 0.0171. The summed E-state index contributed by atoms with van der Waals surface area (Å²) >= 11 is 0. The Labute approximate surface area is 121 Å². The highest BCUT2D eigenvalue weighted by atomic mass is 16.4. The fourth-order valence-electron chi connectivity index (χ4n) is 1.97. The fourth-order valence-corrected chi connectivity index (χ4v) is 1.97. The van der Waals surface area contributed by atoms with E-state index >= 15 is 0 Å². The molecule has 20 heavy (non-hydrogen) atoms. The molecule has 0 radical (unpaired) electrons. The zero-order valence-corrected chi connectivity index (χ0v) is 13.1. The molecule has 0 aliphatic heterocycles. The Balaban J connectivity index is 3.94. The topological polar surface area (TPSA) is 81.7 Å². The van der Waals surface area contributed by atoms with Crippen molar-refractivity contribution in [3.05, 3.63) is 0 Å². The second kappa shape index (κ2) is 10.5. The number of hydrogen-bond acceptors (Lipinski definition) is 3. The van der Waals surface area contributed by atoms with E-state index in [2.05, 4.69) is 36.3 Å². The molecule has 1 atom stereocenters. The van der Waals surface area contributed by atoms with Gasteiger partial charge in [0.2, 0.25) is 0 Å². The van der Waals surface area contributed by atoms with E-state index < -0.39 is 5.97 Å². The summed E-state index contributed by atoms with van der Waals surface area (Å²) in [5.74, 6) is -0.415. The predicted molar refractivity (Wildman–Crippen MR) is 79.8 cm³/mol. The molecular weight excluding hydrogens is 258 g/mol. The minimum atomic E-state index is -0.817. The Kier molecular flexibility index (Phi) is 9.80. The van der Waals surface area contributed by atoms with Crippen LogP contribution < -0.4 is 10.6 Å². The molecule has 0 aromatic heterocycles. The Hall–Kier alpha value is -1.30. The van der Waals surface area contributed by atoms with Crippen molar-refractivity contribution in [3.8, 4) is 0 Å². The molecule has 118 valence electrons. The fraction of sp³-hybridized carbons (Fsp3) is 0.857. The molecule has 6 nitrogen and oxygen atoms in total. The number of likely N-dealkylation sites (N-methyl/N-ethyl adjacent to an activating group) is 1. The number of aliphatic carboxylic acids is 1. The molecule has 3 N–H and O–H groups in total. The van der Waals surface area contributed by atoms with Crippen molar-refractivity contribution >= 4 is 12.0 Å². The van der Waals surface area contributed by atoms with Crippen molar-refractivity contribution < 1.29 is 14.7 Å². The second-order valence-corrected chi connectivity index (χ2v) is 5.63. The van der Waals surface area contributed by atoms with Crippen LogP contribution in [0.25, 0.3) is 0 Å². The van der Waals surface area contributed by atoms with E-state index in [0.717, 1.165) is 19.5 Å². The SMILES string of the molecule is CCN(C)CCNC(=O)NC[C@H](CC(=O)O)CC(C)C. The van der Waals surface area contributed by atoms with Crippen molar-refractivity contribution in [1.29, 1.82) is 0 Å². The van der Waals surface area contributed by atoms with Gasteiger partial charge in [-0.15, -0.1) is 0 Å². The van der Waals surface area contributed by atoms with Crippen LogP contribution in [0.3, 0.4) is 0 Å². The Morgan fingerprint density at radius 2 is 1.90 bits per heavy atom. The first kappa shape index (κ1) is 18.7. The standard InChI is InChI=1S/C14H29N3O3/c1-5-17(4)7-6-15-14(20)16-10-12(8-11(2)3)9-13(18)19/h11-12H,5-10H2,1-4H3,(H,18,19)(H2,15,16,20)/t12-/m0/s1. The number of hydrogen-bond donors (Lipinski definition) is 3. The lowest BCUT2D eigenvalue weighted by molar-refractivity contribution is -0.138. The van der Waals surface area contributed by atoms with Crippen LogP contribution in [0.4, 0.5) is 4.79 Å². The maximum Gasteiger partial charge on any atom is 0.314 e. The van der Waals surface area contributed by atoms with Gasteiger partial charge in [0, 0.05) is 26.1 Å². The van der Waals surface area contributed by atoms with Crippen LogP contribution >= 0.6 is 0 Å². The number of carbonyl (C=O) groups is 2. The molecule has 0 aromatic rings. The molecule has 0 aliphatic rings. The van der Waals surface area contributed by atoms with E-state index in [-0.39, 0.29) is 18.4 Å². The van der Waals surface area contributed by atoms with Gasteiger partial charge in [0.15, 0.2) is 0 Å². The van der Waals surface area contributed by atoms with E-state index in [1.807, 2.05) is 7.05 Å². The number of rotatable bonds is 10. The molecule has 0 saturated heterocycles. The van der Waals surface area contributed by atoms with E-state index in [4.69, 9.17) is 5.11 Å². The third-order valence-electron chi connectivity index (χ3n) is 3.14.